The number of isocyanates is 1. The molecule has 4 nitrogen and oxygen atoms in total. The molecule has 0 aromatic rings. The summed E-state index contributed by atoms with van der Waals surface area (Å²) in [5.41, 5.74) is -0.184. The van der Waals surface area contributed by atoms with Crippen molar-refractivity contribution >= 4 is 6.08 Å². The molecule has 19 heavy (non-hydrogen) atoms. The van der Waals surface area contributed by atoms with Crippen LogP contribution in [0.15, 0.2) is 4.99 Å². The van der Waals surface area contributed by atoms with Gasteiger partial charge in [0, 0.05) is 0 Å². The Morgan fingerprint density at radius 3 is 2.95 bits per heavy atom. The Balaban J connectivity index is 2.32. The molecular formula is C15H24N2O2. The molecule has 1 rings (SSSR count). The van der Waals surface area contributed by atoms with E-state index < -0.39 is 0 Å². The lowest BCUT2D eigenvalue weighted by Gasteiger charge is -2.26. The summed E-state index contributed by atoms with van der Waals surface area (Å²) in [7, 11) is 0. The first-order chi connectivity index (χ1) is 9.26. The van der Waals surface area contributed by atoms with Crippen molar-refractivity contribution in [3.05, 3.63) is 0 Å². The SMILES string of the molecule is CCCCC1(OC#N)CCC(CCCCN=C=O)C1. The third kappa shape index (κ3) is 5.44. The molecule has 0 aromatic heterocycles. The Morgan fingerprint density at radius 2 is 2.26 bits per heavy atom. The monoisotopic (exact) mass is 264 g/mol. The molecule has 4 heteroatoms. The van der Waals surface area contributed by atoms with Crippen LogP contribution in [0.4, 0.5) is 0 Å². The van der Waals surface area contributed by atoms with Gasteiger partial charge in [-0.25, -0.2) is 9.79 Å². The van der Waals surface area contributed by atoms with E-state index >= 15 is 0 Å². The molecule has 0 radical (unpaired) electrons. The van der Waals surface area contributed by atoms with E-state index in [1.54, 1.807) is 6.08 Å². The molecule has 1 aliphatic carbocycles. The standard InChI is InChI=1S/C15H24N2O2/c1-2-3-8-15(19-12-16)9-7-14(11-15)6-4-5-10-17-13-18/h14H,2-11H2,1H3. The molecule has 0 N–H and O–H groups in total. The summed E-state index contributed by atoms with van der Waals surface area (Å²) in [6.07, 6.45) is 13.1. The van der Waals surface area contributed by atoms with E-state index in [1.807, 2.05) is 6.26 Å². The fourth-order valence-electron chi connectivity index (χ4n) is 3.08. The number of aliphatic imine (C=N–C) groups is 1. The summed E-state index contributed by atoms with van der Waals surface area (Å²) in [5.74, 6) is 0.658. The van der Waals surface area contributed by atoms with Gasteiger partial charge in [-0.3, -0.25) is 0 Å². The highest BCUT2D eigenvalue weighted by Gasteiger charge is 2.40. The molecule has 1 saturated carbocycles. The van der Waals surface area contributed by atoms with Crippen LogP contribution in [0.5, 0.6) is 0 Å². The predicted octanol–water partition coefficient (Wildman–Crippen LogP) is 3.72. The highest BCUT2D eigenvalue weighted by Crippen LogP contribution is 2.42. The van der Waals surface area contributed by atoms with Crippen molar-refractivity contribution in [2.45, 2.75) is 70.3 Å². The van der Waals surface area contributed by atoms with Crippen LogP contribution >= 0.6 is 0 Å². The van der Waals surface area contributed by atoms with Crippen LogP contribution in [0.1, 0.15) is 64.7 Å². The quantitative estimate of drug-likeness (QED) is 0.276. The van der Waals surface area contributed by atoms with E-state index in [4.69, 9.17) is 10.00 Å². The van der Waals surface area contributed by atoms with E-state index in [0.29, 0.717) is 12.5 Å². The molecule has 0 spiro atoms. The Bertz CT molecular complexity index is 345. The summed E-state index contributed by atoms with van der Waals surface area (Å²) in [6, 6.07) is 0. The molecule has 2 unspecified atom stereocenters. The van der Waals surface area contributed by atoms with E-state index in [1.165, 1.54) is 0 Å². The lowest BCUT2D eigenvalue weighted by molar-refractivity contribution is 0.0267. The number of ether oxygens (including phenoxy) is 1. The number of rotatable bonds is 9. The van der Waals surface area contributed by atoms with Crippen molar-refractivity contribution in [1.82, 2.24) is 0 Å². The highest BCUT2D eigenvalue weighted by molar-refractivity contribution is 5.32. The second-order valence-corrected chi connectivity index (χ2v) is 5.56. The third-order valence-electron chi connectivity index (χ3n) is 4.11. The lowest BCUT2D eigenvalue weighted by Crippen LogP contribution is -2.27. The first kappa shape index (κ1) is 15.7. The molecule has 0 aromatic carbocycles. The Labute approximate surface area is 115 Å². The molecule has 0 saturated heterocycles. The van der Waals surface area contributed by atoms with Crippen LogP contribution in [-0.4, -0.2) is 18.2 Å². The number of hydrogen-bond acceptors (Lipinski definition) is 4. The van der Waals surface area contributed by atoms with Gasteiger partial charge in [0.25, 0.3) is 6.26 Å². The van der Waals surface area contributed by atoms with Gasteiger partial charge in [0.15, 0.2) is 0 Å². The van der Waals surface area contributed by atoms with Gasteiger partial charge in [-0.05, 0) is 44.4 Å². The molecule has 0 aliphatic heterocycles. The van der Waals surface area contributed by atoms with Gasteiger partial charge >= 0.3 is 0 Å². The number of unbranched alkanes of at least 4 members (excludes halogenated alkanes) is 2. The average molecular weight is 264 g/mol. The fraction of sp³-hybridized carbons (Fsp3) is 0.867. The largest absolute Gasteiger partial charge is 0.421 e. The van der Waals surface area contributed by atoms with Gasteiger partial charge in [-0.15, -0.1) is 0 Å². The Kier molecular flexibility index (Phi) is 7.22. The van der Waals surface area contributed by atoms with E-state index in [2.05, 4.69) is 11.9 Å². The van der Waals surface area contributed by atoms with Gasteiger partial charge in [0.05, 0.1) is 6.54 Å². The second kappa shape index (κ2) is 8.72. The zero-order chi connectivity index (χ0) is 14.0. The fourth-order valence-corrected chi connectivity index (χ4v) is 3.08. The lowest BCUT2D eigenvalue weighted by atomic mass is 9.92. The van der Waals surface area contributed by atoms with Crippen LogP contribution in [0.2, 0.25) is 0 Å². The minimum Gasteiger partial charge on any atom is -0.421 e. The van der Waals surface area contributed by atoms with Crippen molar-refractivity contribution in [3.8, 4) is 6.26 Å². The van der Waals surface area contributed by atoms with E-state index in [-0.39, 0.29) is 5.60 Å². The molecule has 0 heterocycles. The van der Waals surface area contributed by atoms with Crippen LogP contribution in [0.25, 0.3) is 0 Å². The van der Waals surface area contributed by atoms with Crippen LogP contribution < -0.4 is 0 Å². The van der Waals surface area contributed by atoms with E-state index in [0.717, 1.165) is 57.8 Å². The topological polar surface area (TPSA) is 62.4 Å². The number of nitrogens with zero attached hydrogens (tertiary/aromatic N) is 2. The number of carbonyl (C=O) groups excluding carboxylic acids is 1. The van der Waals surface area contributed by atoms with Crippen molar-refractivity contribution in [2.75, 3.05) is 6.54 Å². The summed E-state index contributed by atoms with van der Waals surface area (Å²) in [6.45, 7) is 2.76. The zero-order valence-electron chi connectivity index (χ0n) is 11.9. The summed E-state index contributed by atoms with van der Waals surface area (Å²) in [4.78, 5) is 13.5. The van der Waals surface area contributed by atoms with Crippen LogP contribution in [-0.2, 0) is 9.53 Å². The normalized spacial score (nSPS) is 25.6. The van der Waals surface area contributed by atoms with Crippen LogP contribution in [0.3, 0.4) is 0 Å². The minimum absolute atomic E-state index is 0.184. The Hall–Kier alpha value is -1.33. The average Bonchev–Trinajstić information content (AvgIpc) is 2.81. The molecule has 1 fully saturated rings. The maximum Gasteiger partial charge on any atom is 0.286 e. The van der Waals surface area contributed by atoms with Crippen molar-refractivity contribution in [2.24, 2.45) is 10.9 Å². The Morgan fingerprint density at radius 1 is 1.42 bits per heavy atom. The maximum atomic E-state index is 9.94. The predicted molar refractivity (Wildman–Crippen MR) is 73.1 cm³/mol. The van der Waals surface area contributed by atoms with Gasteiger partial charge in [0.1, 0.15) is 5.60 Å². The summed E-state index contributed by atoms with van der Waals surface area (Å²) < 4.78 is 5.40. The van der Waals surface area contributed by atoms with E-state index in [9.17, 15) is 4.79 Å². The second-order valence-electron chi connectivity index (χ2n) is 5.56. The molecule has 0 bridgehead atoms. The first-order valence-electron chi connectivity index (χ1n) is 7.37. The molecule has 2 atom stereocenters. The van der Waals surface area contributed by atoms with Crippen molar-refractivity contribution in [3.63, 3.8) is 0 Å². The molecule has 1 aliphatic rings. The highest BCUT2D eigenvalue weighted by atomic mass is 16.5. The van der Waals surface area contributed by atoms with Crippen LogP contribution in [0, 0.1) is 17.4 Å². The maximum absolute atomic E-state index is 9.94. The zero-order valence-corrected chi connectivity index (χ0v) is 11.9. The minimum atomic E-state index is -0.184. The molecule has 106 valence electrons. The smallest absolute Gasteiger partial charge is 0.286 e. The summed E-state index contributed by atoms with van der Waals surface area (Å²) >= 11 is 0. The van der Waals surface area contributed by atoms with Crippen molar-refractivity contribution in [1.29, 1.82) is 5.26 Å². The molecule has 0 amide bonds. The van der Waals surface area contributed by atoms with Gasteiger partial charge in [0.2, 0.25) is 6.08 Å². The molecular weight excluding hydrogens is 240 g/mol. The van der Waals surface area contributed by atoms with Crippen molar-refractivity contribution < 1.29 is 9.53 Å². The third-order valence-corrected chi connectivity index (χ3v) is 4.11. The van der Waals surface area contributed by atoms with Gasteiger partial charge in [-0.1, -0.05) is 26.2 Å². The number of nitriles is 1. The van der Waals surface area contributed by atoms with Gasteiger partial charge in [-0.2, -0.15) is 5.26 Å². The van der Waals surface area contributed by atoms with Gasteiger partial charge < -0.3 is 4.74 Å². The number of hydrogen-bond donors (Lipinski definition) is 0. The first-order valence-corrected chi connectivity index (χ1v) is 7.37. The summed E-state index contributed by atoms with van der Waals surface area (Å²) in [5, 5.41) is 8.83.